The fourth-order valence-electron chi connectivity index (χ4n) is 2.09. The summed E-state index contributed by atoms with van der Waals surface area (Å²) in [5.41, 5.74) is 3.53. The second kappa shape index (κ2) is 5.61. The fourth-order valence-corrected chi connectivity index (χ4v) is 4.10. The van der Waals surface area contributed by atoms with E-state index < -0.39 is 0 Å². The Morgan fingerprint density at radius 2 is 1.95 bits per heavy atom. The molecular weight excluding hydrogens is 294 g/mol. The lowest BCUT2D eigenvalue weighted by Crippen LogP contribution is -2.04. The van der Waals surface area contributed by atoms with Crippen LogP contribution in [0.4, 0.5) is 5.69 Å². The van der Waals surface area contributed by atoms with Crippen LogP contribution in [0, 0.1) is 0 Å². The molecule has 0 saturated heterocycles. The third-order valence-corrected chi connectivity index (χ3v) is 5.50. The molecule has 0 saturated carbocycles. The number of nitrogens with zero attached hydrogens (tertiary/aromatic N) is 1. The van der Waals surface area contributed by atoms with Crippen LogP contribution in [0.3, 0.4) is 0 Å². The Labute approximate surface area is 126 Å². The third-order valence-electron chi connectivity index (χ3n) is 2.98. The number of rotatable bonds is 1. The molecule has 0 radical (unpaired) electrons. The van der Waals surface area contributed by atoms with Crippen LogP contribution in [0.2, 0.25) is 5.02 Å². The topological polar surface area (TPSA) is 12.4 Å². The van der Waals surface area contributed by atoms with E-state index in [1.54, 1.807) is 23.5 Å². The normalized spacial score (nSPS) is 17.8. The molecule has 96 valence electrons. The quantitative estimate of drug-likeness (QED) is 0.687. The number of aliphatic imine (C=N–C) groups is 1. The van der Waals surface area contributed by atoms with Gasteiger partial charge in [-0.2, -0.15) is 0 Å². The molecule has 1 nitrogen and oxygen atoms in total. The van der Waals surface area contributed by atoms with Crippen LogP contribution in [0.1, 0.15) is 16.4 Å². The molecule has 1 unspecified atom stereocenters. The summed E-state index contributed by atoms with van der Waals surface area (Å²) in [6, 6.07) is 16.5. The van der Waals surface area contributed by atoms with Crippen molar-refractivity contribution in [3.05, 3.63) is 64.7 Å². The zero-order valence-electron chi connectivity index (χ0n) is 10.3. The Kier molecular flexibility index (Phi) is 3.87. The highest BCUT2D eigenvalue weighted by Crippen LogP contribution is 2.47. The maximum Gasteiger partial charge on any atom is 0.131 e. The van der Waals surface area contributed by atoms with Crippen LogP contribution in [-0.4, -0.2) is 10.6 Å². The van der Waals surface area contributed by atoms with E-state index in [1.807, 2.05) is 18.2 Å². The summed E-state index contributed by atoms with van der Waals surface area (Å²) < 4.78 is 1.09. The summed E-state index contributed by atoms with van der Waals surface area (Å²) in [6.45, 7) is 0. The number of halogens is 1. The van der Waals surface area contributed by atoms with Crippen molar-refractivity contribution in [2.24, 2.45) is 4.99 Å². The molecule has 2 aromatic carbocycles. The smallest absolute Gasteiger partial charge is 0.131 e. The summed E-state index contributed by atoms with van der Waals surface area (Å²) in [6.07, 6.45) is 2.06. The Morgan fingerprint density at radius 1 is 1.16 bits per heavy atom. The molecule has 1 atom stereocenters. The van der Waals surface area contributed by atoms with Crippen molar-refractivity contribution in [3.63, 3.8) is 0 Å². The van der Waals surface area contributed by atoms with Gasteiger partial charge in [0.2, 0.25) is 0 Å². The number of fused-ring (bicyclic) bond motifs is 1. The molecule has 0 bridgehead atoms. The van der Waals surface area contributed by atoms with Crippen molar-refractivity contribution in [3.8, 4) is 0 Å². The van der Waals surface area contributed by atoms with Gasteiger partial charge in [-0.3, -0.25) is 0 Å². The van der Waals surface area contributed by atoms with Gasteiger partial charge >= 0.3 is 0 Å². The minimum Gasteiger partial charge on any atom is -0.235 e. The SMILES string of the molecule is CSC1=Nc2cc(Cl)ccc2C(c2ccccc2)S1. The first-order chi connectivity index (χ1) is 9.28. The Hall–Kier alpha value is -0.900. The first-order valence-corrected chi connectivity index (χ1v) is 8.40. The summed E-state index contributed by atoms with van der Waals surface area (Å²) >= 11 is 9.56. The predicted molar refractivity (Wildman–Crippen MR) is 87.9 cm³/mol. The summed E-state index contributed by atoms with van der Waals surface area (Å²) in [7, 11) is 0. The van der Waals surface area contributed by atoms with Crippen LogP contribution in [-0.2, 0) is 0 Å². The molecule has 0 aliphatic carbocycles. The number of benzene rings is 2. The van der Waals surface area contributed by atoms with Crippen molar-refractivity contribution in [2.75, 3.05) is 6.26 Å². The fraction of sp³-hybridized carbons (Fsp3) is 0.133. The molecule has 3 rings (SSSR count). The number of thioether (sulfide) groups is 2. The van der Waals surface area contributed by atoms with E-state index in [2.05, 4.69) is 41.6 Å². The van der Waals surface area contributed by atoms with Crippen molar-refractivity contribution in [1.29, 1.82) is 0 Å². The van der Waals surface area contributed by atoms with Crippen LogP contribution >= 0.6 is 35.1 Å². The van der Waals surface area contributed by atoms with Crippen LogP contribution < -0.4 is 0 Å². The minimum atomic E-state index is 0.299. The van der Waals surface area contributed by atoms with Gasteiger partial charge in [0.25, 0.3) is 0 Å². The van der Waals surface area contributed by atoms with Crippen molar-refractivity contribution in [1.82, 2.24) is 0 Å². The van der Waals surface area contributed by atoms with E-state index in [-0.39, 0.29) is 0 Å². The van der Waals surface area contributed by atoms with Gasteiger partial charge in [0.15, 0.2) is 0 Å². The Bertz CT molecular complexity index is 625. The minimum absolute atomic E-state index is 0.299. The van der Waals surface area contributed by atoms with Crippen molar-refractivity contribution < 1.29 is 0 Å². The predicted octanol–water partition coefficient (Wildman–Crippen LogP) is 5.53. The molecule has 4 heteroatoms. The molecule has 1 heterocycles. The van der Waals surface area contributed by atoms with E-state index in [0.29, 0.717) is 5.25 Å². The maximum atomic E-state index is 6.08. The van der Waals surface area contributed by atoms with E-state index in [1.165, 1.54) is 11.1 Å². The second-order valence-electron chi connectivity index (χ2n) is 4.19. The van der Waals surface area contributed by atoms with Gasteiger partial charge in [0.1, 0.15) is 4.38 Å². The monoisotopic (exact) mass is 305 g/mol. The molecule has 19 heavy (non-hydrogen) atoms. The van der Waals surface area contributed by atoms with Gasteiger partial charge in [0.05, 0.1) is 10.9 Å². The lowest BCUT2D eigenvalue weighted by atomic mass is 10.0. The first-order valence-electron chi connectivity index (χ1n) is 5.91. The lowest BCUT2D eigenvalue weighted by molar-refractivity contribution is 1.15. The molecule has 1 aliphatic rings. The molecule has 0 spiro atoms. The molecule has 1 aliphatic heterocycles. The standard InChI is InChI=1S/C15H12ClNS2/c1-18-15-17-13-9-11(16)7-8-12(13)14(19-15)10-5-3-2-4-6-10/h2-9,14H,1H3. The molecule has 0 aromatic heterocycles. The van der Waals surface area contributed by atoms with E-state index >= 15 is 0 Å². The largest absolute Gasteiger partial charge is 0.235 e. The van der Waals surface area contributed by atoms with Crippen LogP contribution in [0.25, 0.3) is 0 Å². The molecule has 0 fully saturated rings. The van der Waals surface area contributed by atoms with Crippen LogP contribution in [0.15, 0.2) is 53.5 Å². The number of hydrogen-bond donors (Lipinski definition) is 0. The van der Waals surface area contributed by atoms with Crippen molar-refractivity contribution in [2.45, 2.75) is 5.25 Å². The van der Waals surface area contributed by atoms with Gasteiger partial charge < -0.3 is 0 Å². The van der Waals surface area contributed by atoms with E-state index in [4.69, 9.17) is 11.6 Å². The maximum absolute atomic E-state index is 6.08. The van der Waals surface area contributed by atoms with Gasteiger partial charge in [0, 0.05) is 5.02 Å². The lowest BCUT2D eigenvalue weighted by Gasteiger charge is -2.24. The molecule has 0 amide bonds. The summed E-state index contributed by atoms with van der Waals surface area (Å²) in [5.74, 6) is 0. The number of hydrogen-bond acceptors (Lipinski definition) is 3. The van der Waals surface area contributed by atoms with E-state index in [9.17, 15) is 0 Å². The van der Waals surface area contributed by atoms with Gasteiger partial charge in [-0.1, -0.05) is 59.8 Å². The first kappa shape index (κ1) is 13.1. The Balaban J connectivity index is 2.11. The molecule has 2 aromatic rings. The van der Waals surface area contributed by atoms with Gasteiger partial charge in [-0.05, 0) is 29.5 Å². The summed E-state index contributed by atoms with van der Waals surface area (Å²) in [5, 5.41) is 1.04. The Morgan fingerprint density at radius 3 is 2.68 bits per heavy atom. The molecular formula is C15H12ClNS2. The average Bonchev–Trinajstić information content (AvgIpc) is 2.46. The highest BCUT2D eigenvalue weighted by atomic mass is 35.5. The highest BCUT2D eigenvalue weighted by Gasteiger charge is 2.24. The average molecular weight is 306 g/mol. The zero-order valence-corrected chi connectivity index (χ0v) is 12.7. The van der Waals surface area contributed by atoms with Gasteiger partial charge in [-0.25, -0.2) is 4.99 Å². The zero-order chi connectivity index (χ0) is 13.2. The highest BCUT2D eigenvalue weighted by molar-refractivity contribution is 8.38. The van der Waals surface area contributed by atoms with Gasteiger partial charge in [-0.15, -0.1) is 11.8 Å². The molecule has 0 N–H and O–H groups in total. The third kappa shape index (κ3) is 2.69. The summed E-state index contributed by atoms with van der Waals surface area (Å²) in [4.78, 5) is 4.66. The second-order valence-corrected chi connectivity index (χ2v) is 6.78. The van der Waals surface area contributed by atoms with Crippen LogP contribution in [0.5, 0.6) is 0 Å². The van der Waals surface area contributed by atoms with E-state index in [0.717, 1.165) is 15.1 Å². The van der Waals surface area contributed by atoms with Crippen molar-refractivity contribution >= 4 is 45.2 Å².